The van der Waals surface area contributed by atoms with E-state index in [4.69, 9.17) is 0 Å². The van der Waals surface area contributed by atoms with Gasteiger partial charge in [0.05, 0.1) is 6.61 Å². The number of rotatable bonds is 7. The normalized spacial score (nSPS) is 11.7. The van der Waals surface area contributed by atoms with Crippen molar-refractivity contribution in [2.45, 2.75) is 12.7 Å². The van der Waals surface area contributed by atoms with Gasteiger partial charge in [0.25, 0.3) is 5.56 Å². The Balaban J connectivity index is 2.06. The molecule has 1 N–H and O–H groups in total. The van der Waals surface area contributed by atoms with Crippen LogP contribution < -0.4 is 10.9 Å². The molecular weight excluding hydrogens is 249 g/mol. The van der Waals surface area contributed by atoms with E-state index >= 15 is 0 Å². The summed E-state index contributed by atoms with van der Waals surface area (Å²) in [4.78, 5) is 11.3. The number of hydrogen-bond acceptors (Lipinski definition) is 3. The molecule has 0 bridgehead atoms. The van der Waals surface area contributed by atoms with Crippen molar-refractivity contribution in [1.29, 1.82) is 0 Å². The third kappa shape index (κ3) is 6.41. The van der Waals surface area contributed by atoms with Gasteiger partial charge in [-0.15, -0.1) is 0 Å². The van der Waals surface area contributed by atoms with Crippen LogP contribution in [0.3, 0.4) is 0 Å². The molecule has 0 fully saturated rings. The van der Waals surface area contributed by atoms with Crippen molar-refractivity contribution in [1.82, 2.24) is 9.88 Å². The van der Waals surface area contributed by atoms with Gasteiger partial charge in [0.1, 0.15) is 6.61 Å². The van der Waals surface area contributed by atoms with Crippen LogP contribution in [0.15, 0.2) is 29.2 Å². The lowest BCUT2D eigenvalue weighted by Crippen LogP contribution is -2.29. The van der Waals surface area contributed by atoms with E-state index in [9.17, 15) is 18.0 Å². The highest BCUT2D eigenvalue weighted by Gasteiger charge is 2.27. The van der Waals surface area contributed by atoms with Crippen molar-refractivity contribution in [2.75, 3.05) is 26.3 Å². The summed E-state index contributed by atoms with van der Waals surface area (Å²) in [6.07, 6.45) is -2.62. The molecule has 0 aromatic carbocycles. The van der Waals surface area contributed by atoms with Crippen LogP contribution in [-0.4, -0.2) is 37.0 Å². The minimum atomic E-state index is -4.28. The standard InChI is InChI=1S/C11H15F3N2O2/c12-11(13,14)9-18-8-5-15-4-7-16-6-2-1-3-10(16)17/h1-3,6,15H,4-5,7-9H2. The van der Waals surface area contributed by atoms with Crippen LogP contribution in [0.4, 0.5) is 13.2 Å². The minimum Gasteiger partial charge on any atom is -0.371 e. The van der Waals surface area contributed by atoms with Gasteiger partial charge in [-0.05, 0) is 6.07 Å². The van der Waals surface area contributed by atoms with Crippen LogP contribution in [-0.2, 0) is 11.3 Å². The summed E-state index contributed by atoms with van der Waals surface area (Å²) in [5.41, 5.74) is -0.104. The molecular formula is C11H15F3N2O2. The molecule has 0 aliphatic heterocycles. The highest BCUT2D eigenvalue weighted by Crippen LogP contribution is 2.13. The van der Waals surface area contributed by atoms with Crippen LogP contribution >= 0.6 is 0 Å². The van der Waals surface area contributed by atoms with Gasteiger partial charge in [-0.3, -0.25) is 4.79 Å². The van der Waals surface area contributed by atoms with Crippen molar-refractivity contribution >= 4 is 0 Å². The number of hydrogen-bond donors (Lipinski definition) is 1. The van der Waals surface area contributed by atoms with Gasteiger partial charge in [-0.1, -0.05) is 6.07 Å². The zero-order valence-corrected chi connectivity index (χ0v) is 9.74. The van der Waals surface area contributed by atoms with E-state index in [0.29, 0.717) is 19.6 Å². The number of alkyl halides is 3. The van der Waals surface area contributed by atoms with Gasteiger partial charge < -0.3 is 14.6 Å². The molecule has 1 aromatic heterocycles. The second-order valence-electron chi connectivity index (χ2n) is 3.65. The maximum Gasteiger partial charge on any atom is 0.411 e. The van der Waals surface area contributed by atoms with Gasteiger partial charge in [0.2, 0.25) is 0 Å². The molecule has 0 radical (unpaired) electrons. The average Bonchev–Trinajstić information content (AvgIpc) is 2.28. The van der Waals surface area contributed by atoms with Crippen molar-refractivity contribution in [3.05, 3.63) is 34.7 Å². The molecule has 0 saturated heterocycles. The van der Waals surface area contributed by atoms with Crippen LogP contribution in [0, 0.1) is 0 Å². The lowest BCUT2D eigenvalue weighted by molar-refractivity contribution is -0.173. The van der Waals surface area contributed by atoms with Gasteiger partial charge >= 0.3 is 6.18 Å². The van der Waals surface area contributed by atoms with E-state index in [1.807, 2.05) is 0 Å². The van der Waals surface area contributed by atoms with E-state index in [1.165, 1.54) is 10.6 Å². The van der Waals surface area contributed by atoms with Crippen LogP contribution in [0.5, 0.6) is 0 Å². The maximum atomic E-state index is 11.7. The minimum absolute atomic E-state index is 0.0107. The lowest BCUT2D eigenvalue weighted by atomic mass is 10.4. The van der Waals surface area contributed by atoms with E-state index < -0.39 is 12.8 Å². The monoisotopic (exact) mass is 264 g/mol. The number of nitrogens with one attached hydrogen (secondary N) is 1. The van der Waals surface area contributed by atoms with Crippen LogP contribution in [0.25, 0.3) is 0 Å². The fourth-order valence-corrected chi connectivity index (χ4v) is 1.30. The van der Waals surface area contributed by atoms with Crippen LogP contribution in [0.2, 0.25) is 0 Å². The number of pyridine rings is 1. The summed E-state index contributed by atoms with van der Waals surface area (Å²) in [7, 11) is 0. The van der Waals surface area contributed by atoms with Crippen molar-refractivity contribution in [2.24, 2.45) is 0 Å². The molecule has 0 amide bonds. The Hall–Kier alpha value is -1.34. The first-order valence-corrected chi connectivity index (χ1v) is 5.50. The Morgan fingerprint density at radius 2 is 2.06 bits per heavy atom. The van der Waals surface area contributed by atoms with Crippen LogP contribution in [0.1, 0.15) is 0 Å². The molecule has 0 saturated carbocycles. The molecule has 1 rings (SSSR count). The number of nitrogens with zero attached hydrogens (tertiary/aromatic N) is 1. The fourth-order valence-electron chi connectivity index (χ4n) is 1.30. The Kier molecular flexibility index (Phi) is 5.87. The largest absolute Gasteiger partial charge is 0.411 e. The molecule has 18 heavy (non-hydrogen) atoms. The lowest BCUT2D eigenvalue weighted by Gasteiger charge is -2.09. The highest BCUT2D eigenvalue weighted by molar-refractivity contribution is 4.93. The summed E-state index contributed by atoms with van der Waals surface area (Å²) in [6, 6.07) is 4.84. The van der Waals surface area contributed by atoms with E-state index in [2.05, 4.69) is 10.1 Å². The zero-order valence-electron chi connectivity index (χ0n) is 9.74. The van der Waals surface area contributed by atoms with E-state index in [1.54, 1.807) is 18.3 Å². The third-order valence-corrected chi connectivity index (χ3v) is 2.12. The summed E-state index contributed by atoms with van der Waals surface area (Å²) in [5.74, 6) is 0. The Morgan fingerprint density at radius 1 is 1.28 bits per heavy atom. The molecule has 1 aromatic rings. The second-order valence-corrected chi connectivity index (χ2v) is 3.65. The molecule has 0 aliphatic rings. The molecule has 7 heteroatoms. The van der Waals surface area contributed by atoms with E-state index in [-0.39, 0.29) is 12.2 Å². The number of ether oxygens (including phenoxy) is 1. The quantitative estimate of drug-likeness (QED) is 0.748. The Labute approximate surface area is 102 Å². The first-order chi connectivity index (χ1) is 8.49. The Bertz CT molecular complexity index is 404. The van der Waals surface area contributed by atoms with Gasteiger partial charge in [-0.2, -0.15) is 13.2 Å². The topological polar surface area (TPSA) is 43.3 Å². The van der Waals surface area contributed by atoms with Gasteiger partial charge in [-0.25, -0.2) is 0 Å². The predicted molar refractivity (Wildman–Crippen MR) is 60.4 cm³/mol. The summed E-state index contributed by atoms with van der Waals surface area (Å²) in [5, 5.41) is 2.90. The molecule has 102 valence electrons. The number of halogens is 3. The molecule has 4 nitrogen and oxygen atoms in total. The second kappa shape index (κ2) is 7.17. The molecule has 1 heterocycles. The maximum absolute atomic E-state index is 11.7. The molecule has 0 unspecified atom stereocenters. The van der Waals surface area contributed by atoms with Gasteiger partial charge in [0, 0.05) is 31.9 Å². The average molecular weight is 264 g/mol. The van der Waals surface area contributed by atoms with Crippen molar-refractivity contribution in [3.8, 4) is 0 Å². The molecule has 0 atom stereocenters. The SMILES string of the molecule is O=c1ccccn1CCNCCOCC(F)(F)F. The summed E-state index contributed by atoms with van der Waals surface area (Å²) >= 11 is 0. The van der Waals surface area contributed by atoms with Gasteiger partial charge in [0.15, 0.2) is 0 Å². The summed E-state index contributed by atoms with van der Waals surface area (Å²) < 4.78 is 41.1. The number of aromatic nitrogens is 1. The van der Waals surface area contributed by atoms with Crippen molar-refractivity contribution < 1.29 is 17.9 Å². The highest BCUT2D eigenvalue weighted by atomic mass is 19.4. The zero-order chi connectivity index (χ0) is 13.4. The third-order valence-electron chi connectivity index (χ3n) is 2.12. The smallest absolute Gasteiger partial charge is 0.371 e. The van der Waals surface area contributed by atoms with E-state index in [0.717, 1.165) is 0 Å². The van der Waals surface area contributed by atoms with Crippen molar-refractivity contribution in [3.63, 3.8) is 0 Å². The fraction of sp³-hybridized carbons (Fsp3) is 0.545. The first-order valence-electron chi connectivity index (χ1n) is 5.50. The first kappa shape index (κ1) is 14.7. The summed E-state index contributed by atoms with van der Waals surface area (Å²) in [6.45, 7) is 0.0475. The molecule has 0 aliphatic carbocycles. The predicted octanol–water partition coefficient (Wildman–Crippen LogP) is 1.02. The Morgan fingerprint density at radius 3 is 2.72 bits per heavy atom. The molecule has 0 spiro atoms.